The predicted octanol–water partition coefficient (Wildman–Crippen LogP) is 0.266. The number of hydrogen-bond donors (Lipinski definition) is 3. The number of pyridine rings is 1. The maximum absolute atomic E-state index is 12.0. The van der Waals surface area contributed by atoms with Gasteiger partial charge in [-0.3, -0.25) is 14.4 Å². The quantitative estimate of drug-likeness (QED) is 0.547. The number of nitrogens with one attached hydrogen (secondary N) is 2. The number of carboxylic acid groups (broad SMARTS) is 1. The van der Waals surface area contributed by atoms with Gasteiger partial charge in [0.15, 0.2) is 0 Å². The van der Waals surface area contributed by atoms with E-state index >= 15 is 0 Å². The summed E-state index contributed by atoms with van der Waals surface area (Å²) >= 11 is 0. The highest BCUT2D eigenvalue weighted by Gasteiger charge is 2.22. The molecule has 2 heterocycles. The molecular formula is C17H14N4O6. The molecule has 3 rings (SSSR count). The molecule has 0 radical (unpaired) electrons. The lowest BCUT2D eigenvalue weighted by Crippen LogP contribution is -2.29. The Bertz CT molecular complexity index is 1050. The van der Waals surface area contributed by atoms with Crippen LogP contribution >= 0.6 is 0 Å². The summed E-state index contributed by atoms with van der Waals surface area (Å²) in [4.78, 5) is 46.3. The second-order valence-electron chi connectivity index (χ2n) is 5.51. The van der Waals surface area contributed by atoms with Crippen LogP contribution < -0.4 is 10.9 Å². The summed E-state index contributed by atoms with van der Waals surface area (Å²) in [5.41, 5.74) is 0.903. The number of benzene rings is 1. The SMILES string of the molecule is COC(=O)c1cn(-c2ccc(C(=O)NCC(=O)O)cc2)cc2c(=O)[nH]nc1-2. The maximum atomic E-state index is 12.0. The van der Waals surface area contributed by atoms with Gasteiger partial charge in [0.1, 0.15) is 17.8 Å². The van der Waals surface area contributed by atoms with Crippen molar-refractivity contribution < 1.29 is 24.2 Å². The van der Waals surface area contributed by atoms with E-state index in [4.69, 9.17) is 9.84 Å². The third kappa shape index (κ3) is 3.54. The molecule has 0 aromatic heterocycles. The van der Waals surface area contributed by atoms with Crippen LogP contribution in [0.2, 0.25) is 0 Å². The van der Waals surface area contributed by atoms with E-state index in [0.717, 1.165) is 0 Å². The number of aromatic nitrogens is 3. The molecule has 10 nitrogen and oxygen atoms in total. The summed E-state index contributed by atoms with van der Waals surface area (Å²) in [6.45, 7) is -0.485. The van der Waals surface area contributed by atoms with Gasteiger partial charge in [0.05, 0.1) is 12.7 Å². The summed E-state index contributed by atoms with van der Waals surface area (Å²) in [5, 5.41) is 17.0. The minimum Gasteiger partial charge on any atom is -0.480 e. The molecule has 3 N–H and O–H groups in total. The Balaban J connectivity index is 1.98. The van der Waals surface area contributed by atoms with E-state index in [-0.39, 0.29) is 22.4 Å². The highest BCUT2D eigenvalue weighted by atomic mass is 16.5. The Hall–Kier alpha value is -3.95. The zero-order valence-electron chi connectivity index (χ0n) is 14.1. The van der Waals surface area contributed by atoms with Crippen molar-refractivity contribution in [3.63, 3.8) is 0 Å². The van der Waals surface area contributed by atoms with Crippen molar-refractivity contribution >= 4 is 17.8 Å². The molecule has 1 aromatic rings. The maximum Gasteiger partial charge on any atom is 0.341 e. The molecule has 10 heteroatoms. The first-order valence-corrected chi connectivity index (χ1v) is 7.70. The van der Waals surface area contributed by atoms with E-state index in [1.54, 1.807) is 12.1 Å². The van der Waals surface area contributed by atoms with E-state index in [1.165, 1.54) is 36.2 Å². The molecular weight excluding hydrogens is 356 g/mol. The molecule has 2 aliphatic heterocycles. The Morgan fingerprint density at radius 3 is 2.56 bits per heavy atom. The standard InChI is InChI=1S/C17H14N4O6/c1-27-17(26)12-8-21(7-11-14(12)19-20-16(11)25)10-4-2-9(3-5-10)15(24)18-6-13(22)23/h2-5,7-8H,6H2,1H3,(H,18,24)(H,20,25)(H,22,23). The minimum atomic E-state index is -1.15. The smallest absolute Gasteiger partial charge is 0.341 e. The van der Waals surface area contributed by atoms with Crippen LogP contribution in [-0.2, 0) is 9.53 Å². The van der Waals surface area contributed by atoms with Crippen molar-refractivity contribution in [2.75, 3.05) is 13.7 Å². The van der Waals surface area contributed by atoms with Gasteiger partial charge >= 0.3 is 11.9 Å². The summed E-state index contributed by atoms with van der Waals surface area (Å²) in [7, 11) is 1.22. The molecule has 0 saturated heterocycles. The molecule has 0 atom stereocenters. The van der Waals surface area contributed by atoms with Gasteiger partial charge in [-0.2, -0.15) is 5.10 Å². The number of ether oxygens (including phenoxy) is 1. The number of carbonyl (C=O) groups is 3. The third-order valence-electron chi connectivity index (χ3n) is 3.79. The highest BCUT2D eigenvalue weighted by Crippen LogP contribution is 2.23. The van der Waals surface area contributed by atoms with Gasteiger partial charge in [-0.25, -0.2) is 9.89 Å². The van der Waals surface area contributed by atoms with Crippen LogP contribution in [0.25, 0.3) is 16.9 Å². The lowest BCUT2D eigenvalue weighted by Gasteiger charge is -2.12. The van der Waals surface area contributed by atoms with Crippen LogP contribution in [0.5, 0.6) is 0 Å². The first-order chi connectivity index (χ1) is 12.9. The number of methoxy groups -OCH3 is 1. The van der Waals surface area contributed by atoms with Gasteiger partial charge in [-0.1, -0.05) is 0 Å². The zero-order chi connectivity index (χ0) is 19.6. The van der Waals surface area contributed by atoms with E-state index in [2.05, 4.69) is 15.5 Å². The van der Waals surface area contributed by atoms with Gasteiger partial charge in [0.2, 0.25) is 0 Å². The van der Waals surface area contributed by atoms with Gasteiger partial charge in [0.25, 0.3) is 11.5 Å². The monoisotopic (exact) mass is 370 g/mol. The van der Waals surface area contributed by atoms with Crippen molar-refractivity contribution in [1.82, 2.24) is 20.1 Å². The number of carboxylic acids is 1. The lowest BCUT2D eigenvalue weighted by molar-refractivity contribution is -0.135. The van der Waals surface area contributed by atoms with Crippen LogP contribution in [0.3, 0.4) is 0 Å². The number of rotatable bonds is 5. The van der Waals surface area contributed by atoms with Crippen molar-refractivity contribution in [2.45, 2.75) is 0 Å². The number of nitrogens with zero attached hydrogens (tertiary/aromatic N) is 2. The van der Waals surface area contributed by atoms with Gasteiger partial charge in [-0.05, 0) is 24.3 Å². The average Bonchev–Trinajstić information content (AvgIpc) is 3.05. The molecule has 1 amide bonds. The number of amides is 1. The Labute approximate surface area is 151 Å². The highest BCUT2D eigenvalue weighted by molar-refractivity contribution is 5.97. The number of aliphatic carboxylic acids is 1. The molecule has 0 spiro atoms. The zero-order valence-corrected chi connectivity index (χ0v) is 14.1. The number of hydrogen-bond acceptors (Lipinski definition) is 6. The molecule has 0 bridgehead atoms. The van der Waals surface area contributed by atoms with Crippen molar-refractivity contribution in [2.24, 2.45) is 0 Å². The molecule has 1 aromatic carbocycles. The molecule has 0 fully saturated rings. The fourth-order valence-electron chi connectivity index (χ4n) is 2.49. The third-order valence-corrected chi connectivity index (χ3v) is 3.79. The van der Waals surface area contributed by atoms with Crippen molar-refractivity contribution in [3.05, 3.63) is 58.1 Å². The van der Waals surface area contributed by atoms with Crippen LogP contribution in [0, 0.1) is 0 Å². The average molecular weight is 370 g/mol. The fraction of sp³-hybridized carbons (Fsp3) is 0.118. The van der Waals surface area contributed by atoms with Gasteiger partial charge in [0, 0.05) is 23.6 Å². The molecule has 2 aliphatic rings. The lowest BCUT2D eigenvalue weighted by atomic mass is 10.1. The van der Waals surface area contributed by atoms with Crippen LogP contribution in [-0.4, -0.2) is 51.4 Å². The van der Waals surface area contributed by atoms with Gasteiger partial charge in [-0.15, -0.1) is 0 Å². The van der Waals surface area contributed by atoms with E-state index in [9.17, 15) is 19.2 Å². The number of H-pyrrole nitrogens is 1. The summed E-state index contributed by atoms with van der Waals surface area (Å²) in [6, 6.07) is 6.17. The predicted molar refractivity (Wildman–Crippen MR) is 92.1 cm³/mol. The van der Waals surface area contributed by atoms with Crippen molar-refractivity contribution in [1.29, 1.82) is 0 Å². The minimum absolute atomic E-state index is 0.108. The second kappa shape index (κ2) is 7.12. The number of carbonyl (C=O) groups excluding carboxylic acids is 2. The Kier molecular flexibility index (Phi) is 4.71. The van der Waals surface area contributed by atoms with Crippen LogP contribution in [0.15, 0.2) is 41.5 Å². The summed E-state index contributed by atoms with van der Waals surface area (Å²) < 4.78 is 6.26. The summed E-state index contributed by atoms with van der Waals surface area (Å²) in [5.74, 6) is -2.32. The topological polar surface area (TPSA) is 143 Å². The number of aromatic amines is 1. The first kappa shape index (κ1) is 17.9. The van der Waals surface area contributed by atoms with Crippen molar-refractivity contribution in [3.8, 4) is 16.9 Å². The van der Waals surface area contributed by atoms with Crippen LogP contribution in [0.1, 0.15) is 20.7 Å². The van der Waals surface area contributed by atoms with E-state index in [1.807, 2.05) is 0 Å². The molecule has 0 aliphatic carbocycles. The van der Waals surface area contributed by atoms with E-state index in [0.29, 0.717) is 5.69 Å². The van der Waals surface area contributed by atoms with Crippen LogP contribution in [0.4, 0.5) is 0 Å². The second-order valence-corrected chi connectivity index (χ2v) is 5.51. The number of esters is 1. The fourth-order valence-corrected chi connectivity index (χ4v) is 2.49. The summed E-state index contributed by atoms with van der Waals surface area (Å²) in [6.07, 6.45) is 2.97. The molecule has 0 saturated carbocycles. The molecule has 27 heavy (non-hydrogen) atoms. The molecule has 138 valence electrons. The van der Waals surface area contributed by atoms with Gasteiger partial charge < -0.3 is 19.7 Å². The molecule has 0 unspecified atom stereocenters. The van der Waals surface area contributed by atoms with E-state index < -0.39 is 29.9 Å². The Morgan fingerprint density at radius 1 is 1.22 bits per heavy atom. The largest absolute Gasteiger partial charge is 0.480 e. The normalized spacial score (nSPS) is 10.6. The Morgan fingerprint density at radius 2 is 1.93 bits per heavy atom. The number of fused-ring (bicyclic) bond motifs is 1. The first-order valence-electron chi connectivity index (χ1n) is 7.70.